The van der Waals surface area contributed by atoms with Crippen LogP contribution in [0.2, 0.25) is 8.67 Å². The van der Waals surface area contributed by atoms with Crippen LogP contribution in [0.25, 0.3) is 0 Å². The second-order valence-corrected chi connectivity index (χ2v) is 4.73. The quantitative estimate of drug-likeness (QED) is 0.479. The molecule has 0 saturated carbocycles. The lowest BCUT2D eigenvalue weighted by Gasteiger charge is -1.94. The Hall–Kier alpha value is -0.780. The van der Waals surface area contributed by atoms with E-state index in [0.717, 1.165) is 5.56 Å². The van der Waals surface area contributed by atoms with Crippen molar-refractivity contribution >= 4 is 46.2 Å². The average molecular weight is 251 g/mol. The van der Waals surface area contributed by atoms with Gasteiger partial charge in [-0.1, -0.05) is 23.2 Å². The number of hydrogen-bond acceptors (Lipinski definition) is 3. The van der Waals surface area contributed by atoms with Crippen LogP contribution in [0.3, 0.4) is 0 Å². The highest BCUT2D eigenvalue weighted by Gasteiger charge is 2.08. The number of rotatable bonds is 2. The Labute approximate surface area is 95.2 Å². The van der Waals surface area contributed by atoms with Gasteiger partial charge in [0.05, 0.1) is 10.0 Å². The Morgan fingerprint density at radius 1 is 1.36 bits per heavy atom. The van der Waals surface area contributed by atoms with Gasteiger partial charge in [0.15, 0.2) is 0 Å². The molecule has 7 heteroatoms. The van der Waals surface area contributed by atoms with Gasteiger partial charge in [-0.2, -0.15) is 5.10 Å². The third kappa shape index (κ3) is 2.87. The van der Waals surface area contributed by atoms with Crippen LogP contribution in [0.4, 0.5) is 0 Å². The minimum atomic E-state index is -0.0956. The largest absolute Gasteiger partial charge is 0.369 e. The summed E-state index contributed by atoms with van der Waals surface area (Å²) in [6, 6.07) is 1.72. The lowest BCUT2D eigenvalue weighted by Crippen LogP contribution is -2.22. The first-order valence-corrected chi connectivity index (χ1v) is 5.16. The van der Waals surface area contributed by atoms with Gasteiger partial charge in [0, 0.05) is 5.56 Å². The third-order valence-electron chi connectivity index (χ3n) is 1.36. The van der Waals surface area contributed by atoms with Crippen LogP contribution in [0.5, 0.6) is 0 Å². The first-order chi connectivity index (χ1) is 6.50. The second kappa shape index (κ2) is 4.63. The maximum atomic E-state index is 5.90. The molecule has 1 heterocycles. The maximum Gasteiger partial charge on any atom is 0.211 e. The summed E-state index contributed by atoms with van der Waals surface area (Å²) in [4.78, 5) is 0. The molecule has 1 aromatic rings. The Morgan fingerprint density at radius 2 is 2.00 bits per heavy atom. The van der Waals surface area contributed by atoms with E-state index in [1.54, 1.807) is 13.0 Å². The van der Waals surface area contributed by atoms with Crippen LogP contribution in [-0.4, -0.2) is 11.7 Å². The van der Waals surface area contributed by atoms with Gasteiger partial charge < -0.3 is 11.5 Å². The lowest BCUT2D eigenvalue weighted by atomic mass is 10.2. The van der Waals surface area contributed by atoms with Gasteiger partial charge in [0.2, 0.25) is 5.96 Å². The lowest BCUT2D eigenvalue weighted by molar-refractivity contribution is 1.20. The summed E-state index contributed by atoms with van der Waals surface area (Å²) in [5.41, 5.74) is 11.6. The first kappa shape index (κ1) is 11.3. The van der Waals surface area contributed by atoms with Crippen molar-refractivity contribution in [3.63, 3.8) is 0 Å². The summed E-state index contributed by atoms with van der Waals surface area (Å²) in [5, 5.41) is 7.30. The summed E-state index contributed by atoms with van der Waals surface area (Å²) in [5.74, 6) is -0.0956. The highest BCUT2D eigenvalue weighted by atomic mass is 35.5. The molecule has 0 bridgehead atoms. The fraction of sp³-hybridized carbons (Fsp3) is 0.143. The fourth-order valence-electron chi connectivity index (χ4n) is 0.774. The van der Waals surface area contributed by atoms with Crippen molar-refractivity contribution in [2.45, 2.75) is 6.92 Å². The zero-order valence-electron chi connectivity index (χ0n) is 7.29. The van der Waals surface area contributed by atoms with Crippen LogP contribution in [-0.2, 0) is 0 Å². The Kier molecular flexibility index (Phi) is 3.74. The van der Waals surface area contributed by atoms with E-state index in [1.165, 1.54) is 11.3 Å². The number of halogens is 2. The molecule has 14 heavy (non-hydrogen) atoms. The van der Waals surface area contributed by atoms with E-state index in [4.69, 9.17) is 34.7 Å². The van der Waals surface area contributed by atoms with Gasteiger partial charge in [-0.3, -0.25) is 0 Å². The van der Waals surface area contributed by atoms with E-state index in [1.807, 2.05) is 0 Å². The molecule has 0 unspecified atom stereocenters. The van der Waals surface area contributed by atoms with Gasteiger partial charge in [0.1, 0.15) is 4.34 Å². The van der Waals surface area contributed by atoms with Crippen molar-refractivity contribution in [3.05, 3.63) is 20.3 Å². The third-order valence-corrected chi connectivity index (χ3v) is 2.85. The van der Waals surface area contributed by atoms with Crippen molar-refractivity contribution in [1.29, 1.82) is 0 Å². The van der Waals surface area contributed by atoms with Crippen molar-refractivity contribution in [1.82, 2.24) is 0 Å². The van der Waals surface area contributed by atoms with E-state index in [9.17, 15) is 0 Å². The standard InChI is InChI=1S/C7H8Cl2N4S/c1-3(12-13-7(10)11)4-2-5(8)14-6(4)9/h2H,1H3,(H4,10,11,13)/b12-3-. The predicted octanol–water partition coefficient (Wildman–Crippen LogP) is 2.05. The molecule has 4 nitrogen and oxygen atoms in total. The summed E-state index contributed by atoms with van der Waals surface area (Å²) >= 11 is 12.9. The number of guanidine groups is 1. The Balaban J connectivity index is 3.00. The van der Waals surface area contributed by atoms with E-state index in [2.05, 4.69) is 10.2 Å². The van der Waals surface area contributed by atoms with Crippen LogP contribution < -0.4 is 11.5 Å². The number of thiophene rings is 1. The second-order valence-electron chi connectivity index (χ2n) is 2.45. The molecule has 0 amide bonds. The number of nitrogens with two attached hydrogens (primary N) is 2. The Morgan fingerprint density at radius 3 is 2.43 bits per heavy atom. The zero-order valence-corrected chi connectivity index (χ0v) is 9.62. The molecular formula is C7H8Cl2N4S. The first-order valence-electron chi connectivity index (χ1n) is 3.59. The SMILES string of the molecule is C/C(=N/N=C(N)N)c1cc(Cl)sc1Cl. The van der Waals surface area contributed by atoms with Gasteiger partial charge in [0.25, 0.3) is 0 Å². The monoisotopic (exact) mass is 250 g/mol. The molecule has 0 aliphatic carbocycles. The highest BCUT2D eigenvalue weighted by molar-refractivity contribution is 7.20. The van der Waals surface area contributed by atoms with Crippen LogP contribution in [0.15, 0.2) is 16.3 Å². The summed E-state index contributed by atoms with van der Waals surface area (Å²) < 4.78 is 1.17. The van der Waals surface area contributed by atoms with E-state index >= 15 is 0 Å². The fourth-order valence-corrected chi connectivity index (χ4v) is 2.34. The summed E-state index contributed by atoms with van der Waals surface area (Å²) in [6.07, 6.45) is 0. The van der Waals surface area contributed by atoms with E-state index in [-0.39, 0.29) is 5.96 Å². The molecule has 1 rings (SSSR count). The zero-order chi connectivity index (χ0) is 10.7. The molecule has 0 spiro atoms. The van der Waals surface area contributed by atoms with Crippen LogP contribution >= 0.6 is 34.5 Å². The molecule has 0 atom stereocenters. The van der Waals surface area contributed by atoms with Gasteiger partial charge in [-0.15, -0.1) is 16.4 Å². The molecule has 0 saturated heterocycles. The van der Waals surface area contributed by atoms with Crippen molar-refractivity contribution < 1.29 is 0 Å². The minimum absolute atomic E-state index is 0.0956. The van der Waals surface area contributed by atoms with E-state index in [0.29, 0.717) is 14.4 Å². The molecule has 1 aromatic heterocycles. The minimum Gasteiger partial charge on any atom is -0.369 e. The molecule has 76 valence electrons. The van der Waals surface area contributed by atoms with Crippen LogP contribution in [0.1, 0.15) is 12.5 Å². The van der Waals surface area contributed by atoms with Gasteiger partial charge >= 0.3 is 0 Å². The normalized spacial score (nSPS) is 11.5. The molecule has 0 radical (unpaired) electrons. The van der Waals surface area contributed by atoms with Crippen LogP contribution in [0, 0.1) is 0 Å². The molecule has 0 aromatic carbocycles. The smallest absolute Gasteiger partial charge is 0.211 e. The highest BCUT2D eigenvalue weighted by Crippen LogP contribution is 2.31. The predicted molar refractivity (Wildman–Crippen MR) is 62.4 cm³/mol. The van der Waals surface area contributed by atoms with Crippen molar-refractivity contribution in [3.8, 4) is 0 Å². The average Bonchev–Trinajstić information content (AvgIpc) is 2.41. The summed E-state index contributed by atoms with van der Waals surface area (Å²) in [7, 11) is 0. The number of hydrogen-bond donors (Lipinski definition) is 2. The van der Waals surface area contributed by atoms with Crippen molar-refractivity contribution in [2.24, 2.45) is 21.7 Å². The summed E-state index contributed by atoms with van der Waals surface area (Å²) in [6.45, 7) is 1.75. The number of nitrogens with zero attached hydrogens (tertiary/aromatic N) is 2. The van der Waals surface area contributed by atoms with Gasteiger partial charge in [-0.25, -0.2) is 0 Å². The Bertz CT molecular complexity index is 392. The molecule has 0 aliphatic rings. The van der Waals surface area contributed by atoms with Gasteiger partial charge in [-0.05, 0) is 13.0 Å². The molecule has 0 aliphatic heterocycles. The van der Waals surface area contributed by atoms with E-state index < -0.39 is 0 Å². The molecule has 4 N–H and O–H groups in total. The molecular weight excluding hydrogens is 243 g/mol. The topological polar surface area (TPSA) is 76.8 Å². The maximum absolute atomic E-state index is 5.90. The van der Waals surface area contributed by atoms with Crippen molar-refractivity contribution in [2.75, 3.05) is 0 Å². The molecule has 0 fully saturated rings.